The van der Waals surface area contributed by atoms with E-state index in [1.165, 1.54) is 32.1 Å². The molecule has 2 heteroatoms. The second-order valence-electron chi connectivity index (χ2n) is 4.54. The molecular weight excluding hydrogens is 174 g/mol. The Morgan fingerprint density at radius 3 is 2.64 bits per heavy atom. The molecule has 0 aromatic heterocycles. The molecule has 0 radical (unpaired) electrons. The minimum Gasteiger partial charge on any atom is -0.378 e. The van der Waals surface area contributed by atoms with Gasteiger partial charge < -0.3 is 10.1 Å². The van der Waals surface area contributed by atoms with Crippen molar-refractivity contribution in [2.45, 2.75) is 51.6 Å². The number of rotatable bonds is 6. The van der Waals surface area contributed by atoms with Crippen LogP contribution in [0.1, 0.15) is 45.4 Å². The first-order valence-corrected chi connectivity index (χ1v) is 6.09. The quantitative estimate of drug-likeness (QED) is 0.710. The van der Waals surface area contributed by atoms with Crippen molar-refractivity contribution in [3.05, 3.63) is 0 Å². The van der Waals surface area contributed by atoms with Crippen molar-refractivity contribution in [1.29, 1.82) is 0 Å². The SMILES string of the molecule is CNCCC(C)OCC1CCCCC1. The summed E-state index contributed by atoms with van der Waals surface area (Å²) >= 11 is 0. The molecule has 84 valence electrons. The summed E-state index contributed by atoms with van der Waals surface area (Å²) in [6.45, 7) is 4.23. The highest BCUT2D eigenvalue weighted by Crippen LogP contribution is 2.24. The van der Waals surface area contributed by atoms with Crippen LogP contribution >= 0.6 is 0 Å². The fraction of sp³-hybridized carbons (Fsp3) is 1.00. The van der Waals surface area contributed by atoms with E-state index in [-0.39, 0.29) is 0 Å². The topological polar surface area (TPSA) is 21.3 Å². The van der Waals surface area contributed by atoms with Gasteiger partial charge in [0.2, 0.25) is 0 Å². The molecule has 1 rings (SSSR count). The van der Waals surface area contributed by atoms with Crippen LogP contribution in [0.4, 0.5) is 0 Å². The highest BCUT2D eigenvalue weighted by molar-refractivity contribution is 4.65. The van der Waals surface area contributed by atoms with Gasteiger partial charge in [-0.2, -0.15) is 0 Å². The van der Waals surface area contributed by atoms with E-state index in [0.29, 0.717) is 6.10 Å². The molecule has 1 aliphatic rings. The molecule has 0 amide bonds. The Morgan fingerprint density at radius 1 is 1.29 bits per heavy atom. The van der Waals surface area contributed by atoms with Gasteiger partial charge in [-0.05, 0) is 45.7 Å². The van der Waals surface area contributed by atoms with Crippen LogP contribution in [0.5, 0.6) is 0 Å². The van der Waals surface area contributed by atoms with Crippen molar-refractivity contribution in [2.75, 3.05) is 20.2 Å². The maximum atomic E-state index is 5.84. The zero-order valence-electron chi connectivity index (χ0n) is 9.72. The van der Waals surface area contributed by atoms with Gasteiger partial charge in [-0.3, -0.25) is 0 Å². The Hall–Kier alpha value is -0.0800. The lowest BCUT2D eigenvalue weighted by atomic mass is 9.90. The number of nitrogens with one attached hydrogen (secondary N) is 1. The third kappa shape index (κ3) is 4.97. The smallest absolute Gasteiger partial charge is 0.0559 e. The average molecular weight is 199 g/mol. The van der Waals surface area contributed by atoms with Crippen LogP contribution in [-0.4, -0.2) is 26.3 Å². The average Bonchev–Trinajstić information content (AvgIpc) is 2.25. The van der Waals surface area contributed by atoms with Gasteiger partial charge >= 0.3 is 0 Å². The predicted molar refractivity (Wildman–Crippen MR) is 60.5 cm³/mol. The maximum Gasteiger partial charge on any atom is 0.0559 e. The molecule has 2 nitrogen and oxygen atoms in total. The van der Waals surface area contributed by atoms with Gasteiger partial charge in [0.25, 0.3) is 0 Å². The molecule has 1 saturated carbocycles. The molecular formula is C12H25NO. The van der Waals surface area contributed by atoms with Crippen LogP contribution in [0, 0.1) is 5.92 Å². The van der Waals surface area contributed by atoms with Crippen LogP contribution in [-0.2, 0) is 4.74 Å². The minimum absolute atomic E-state index is 0.421. The highest BCUT2D eigenvalue weighted by Gasteiger charge is 2.14. The summed E-state index contributed by atoms with van der Waals surface area (Å²) in [5.74, 6) is 0.848. The minimum atomic E-state index is 0.421. The van der Waals surface area contributed by atoms with Gasteiger partial charge in [0.1, 0.15) is 0 Å². The van der Waals surface area contributed by atoms with E-state index in [1.807, 2.05) is 7.05 Å². The van der Waals surface area contributed by atoms with E-state index < -0.39 is 0 Å². The van der Waals surface area contributed by atoms with Crippen LogP contribution in [0.25, 0.3) is 0 Å². The highest BCUT2D eigenvalue weighted by atomic mass is 16.5. The Labute approximate surface area is 88.4 Å². The monoisotopic (exact) mass is 199 g/mol. The fourth-order valence-electron chi connectivity index (χ4n) is 2.09. The molecule has 0 spiro atoms. The fourth-order valence-corrected chi connectivity index (χ4v) is 2.09. The number of hydrogen-bond acceptors (Lipinski definition) is 2. The Balaban J connectivity index is 2.00. The first-order valence-electron chi connectivity index (χ1n) is 6.09. The Kier molecular flexibility index (Phi) is 6.20. The van der Waals surface area contributed by atoms with E-state index >= 15 is 0 Å². The van der Waals surface area contributed by atoms with Gasteiger partial charge in [-0.1, -0.05) is 19.3 Å². The zero-order valence-corrected chi connectivity index (χ0v) is 9.72. The lowest BCUT2D eigenvalue weighted by molar-refractivity contribution is 0.0272. The van der Waals surface area contributed by atoms with Crippen molar-refractivity contribution in [3.63, 3.8) is 0 Å². The van der Waals surface area contributed by atoms with E-state index in [2.05, 4.69) is 12.2 Å². The summed E-state index contributed by atoms with van der Waals surface area (Å²) in [4.78, 5) is 0. The molecule has 0 heterocycles. The molecule has 1 fully saturated rings. The first kappa shape index (κ1) is 12.0. The van der Waals surface area contributed by atoms with Crippen molar-refractivity contribution < 1.29 is 4.74 Å². The van der Waals surface area contributed by atoms with Crippen LogP contribution in [0.3, 0.4) is 0 Å². The number of hydrogen-bond donors (Lipinski definition) is 1. The molecule has 14 heavy (non-hydrogen) atoms. The molecule has 0 bridgehead atoms. The second-order valence-corrected chi connectivity index (χ2v) is 4.54. The molecule has 1 aliphatic carbocycles. The molecule has 1 unspecified atom stereocenters. The summed E-state index contributed by atoms with van der Waals surface area (Å²) < 4.78 is 5.84. The molecule has 1 atom stereocenters. The lowest BCUT2D eigenvalue weighted by Crippen LogP contribution is -2.21. The van der Waals surface area contributed by atoms with E-state index in [1.54, 1.807) is 0 Å². The summed E-state index contributed by atoms with van der Waals surface area (Å²) in [5.41, 5.74) is 0. The Bertz CT molecular complexity index is 132. The largest absolute Gasteiger partial charge is 0.378 e. The standard InChI is InChI=1S/C12H25NO/c1-11(8-9-13-2)14-10-12-6-4-3-5-7-12/h11-13H,3-10H2,1-2H3. The van der Waals surface area contributed by atoms with Gasteiger partial charge in [-0.15, -0.1) is 0 Å². The molecule has 0 aromatic carbocycles. The van der Waals surface area contributed by atoms with Crippen molar-refractivity contribution >= 4 is 0 Å². The van der Waals surface area contributed by atoms with Crippen LogP contribution < -0.4 is 5.32 Å². The van der Waals surface area contributed by atoms with Gasteiger partial charge in [0, 0.05) is 6.61 Å². The van der Waals surface area contributed by atoms with Crippen LogP contribution in [0.2, 0.25) is 0 Å². The van der Waals surface area contributed by atoms with Crippen molar-refractivity contribution in [2.24, 2.45) is 5.92 Å². The Morgan fingerprint density at radius 2 is 2.00 bits per heavy atom. The summed E-state index contributed by atoms with van der Waals surface area (Å²) in [6.07, 6.45) is 8.59. The third-order valence-electron chi connectivity index (χ3n) is 3.14. The van der Waals surface area contributed by atoms with Crippen molar-refractivity contribution in [3.8, 4) is 0 Å². The second kappa shape index (κ2) is 7.24. The van der Waals surface area contributed by atoms with E-state index in [4.69, 9.17) is 4.74 Å². The zero-order chi connectivity index (χ0) is 10.2. The lowest BCUT2D eigenvalue weighted by Gasteiger charge is -2.23. The molecule has 0 aromatic rings. The maximum absolute atomic E-state index is 5.84. The van der Waals surface area contributed by atoms with Crippen molar-refractivity contribution in [1.82, 2.24) is 5.32 Å². The molecule has 1 N–H and O–H groups in total. The first-order chi connectivity index (χ1) is 6.83. The van der Waals surface area contributed by atoms with E-state index in [9.17, 15) is 0 Å². The van der Waals surface area contributed by atoms with Gasteiger partial charge in [0.05, 0.1) is 6.10 Å². The summed E-state index contributed by atoms with van der Waals surface area (Å²) in [5, 5.41) is 3.16. The van der Waals surface area contributed by atoms with Crippen LogP contribution in [0.15, 0.2) is 0 Å². The van der Waals surface area contributed by atoms with E-state index in [0.717, 1.165) is 25.5 Å². The predicted octanol–water partition coefficient (Wildman–Crippen LogP) is 2.58. The summed E-state index contributed by atoms with van der Waals surface area (Å²) in [7, 11) is 1.99. The third-order valence-corrected chi connectivity index (χ3v) is 3.14. The summed E-state index contributed by atoms with van der Waals surface area (Å²) in [6, 6.07) is 0. The molecule has 0 saturated heterocycles. The van der Waals surface area contributed by atoms with Gasteiger partial charge in [-0.25, -0.2) is 0 Å². The molecule has 0 aliphatic heterocycles. The van der Waals surface area contributed by atoms with Gasteiger partial charge in [0.15, 0.2) is 0 Å². The normalized spacial score (nSPS) is 21.0. The number of ether oxygens (including phenoxy) is 1.